The van der Waals surface area contributed by atoms with Gasteiger partial charge in [0.2, 0.25) is 5.91 Å². The summed E-state index contributed by atoms with van der Waals surface area (Å²) in [7, 11) is 0. The van der Waals surface area contributed by atoms with Crippen molar-refractivity contribution in [1.29, 1.82) is 0 Å². The molecule has 1 amide bonds. The predicted molar refractivity (Wildman–Crippen MR) is 142 cm³/mol. The summed E-state index contributed by atoms with van der Waals surface area (Å²) in [6.07, 6.45) is 1.79. The lowest BCUT2D eigenvalue weighted by Gasteiger charge is -2.38. The van der Waals surface area contributed by atoms with Gasteiger partial charge >= 0.3 is 5.97 Å². The number of carbonyl (C=O) groups is 2. The van der Waals surface area contributed by atoms with Gasteiger partial charge in [-0.3, -0.25) is 14.6 Å². The minimum atomic E-state index is -0.940. The number of benzene rings is 3. The normalized spacial score (nSPS) is 14.4. The van der Waals surface area contributed by atoms with Crippen LogP contribution >= 0.6 is 0 Å². The number of piperidine rings is 1. The lowest BCUT2D eigenvalue weighted by Crippen LogP contribution is -2.47. The van der Waals surface area contributed by atoms with Crippen molar-refractivity contribution in [2.24, 2.45) is 0 Å². The fraction of sp³-hybridized carbons (Fsp3) is 0.310. The Morgan fingerprint density at radius 3 is 2.19 bits per heavy atom. The Bertz CT molecular complexity index is 1140. The maximum absolute atomic E-state index is 12.6. The molecule has 0 bridgehead atoms. The van der Waals surface area contributed by atoms with Crippen molar-refractivity contribution in [3.05, 3.63) is 90.0 Å². The third-order valence-corrected chi connectivity index (χ3v) is 6.53. The number of rotatable bonds is 11. The molecule has 8 nitrogen and oxygen atoms in total. The molecule has 1 aliphatic heterocycles. The topological polar surface area (TPSA) is 102 Å². The smallest absolute Gasteiger partial charge is 0.335 e. The van der Waals surface area contributed by atoms with Crippen LogP contribution in [0.5, 0.6) is 11.5 Å². The van der Waals surface area contributed by atoms with Gasteiger partial charge in [-0.05, 0) is 66.9 Å². The van der Waals surface area contributed by atoms with E-state index in [9.17, 15) is 14.7 Å². The first-order chi connectivity index (χ1) is 18.0. The number of hydrogen-bond acceptors (Lipinski definition) is 6. The molecule has 0 aliphatic carbocycles. The summed E-state index contributed by atoms with van der Waals surface area (Å²) in [5.41, 5.74) is 2.00. The number of anilines is 1. The van der Waals surface area contributed by atoms with Gasteiger partial charge in [-0.15, -0.1) is 0 Å². The summed E-state index contributed by atoms with van der Waals surface area (Å²) in [6, 6.07) is 24.0. The molecule has 4 rings (SSSR count). The van der Waals surface area contributed by atoms with E-state index in [1.807, 2.05) is 66.7 Å². The lowest BCUT2D eigenvalue weighted by atomic mass is 10.0. The Morgan fingerprint density at radius 1 is 0.919 bits per heavy atom. The second kappa shape index (κ2) is 13.0. The Hall–Kier alpha value is -3.72. The first-order valence-electron chi connectivity index (χ1n) is 12.5. The van der Waals surface area contributed by atoms with E-state index in [1.54, 1.807) is 12.1 Å². The van der Waals surface area contributed by atoms with Crippen LogP contribution in [-0.2, 0) is 11.3 Å². The van der Waals surface area contributed by atoms with Gasteiger partial charge in [-0.2, -0.15) is 0 Å². The van der Waals surface area contributed by atoms with Crippen molar-refractivity contribution < 1.29 is 24.5 Å². The molecule has 1 fully saturated rings. The highest BCUT2D eigenvalue weighted by Gasteiger charge is 2.25. The Balaban J connectivity index is 1.23. The molecule has 0 radical (unpaired) electrons. The monoisotopic (exact) mass is 503 g/mol. The molecule has 1 saturated heterocycles. The van der Waals surface area contributed by atoms with Crippen LogP contribution in [0.3, 0.4) is 0 Å². The first kappa shape index (κ1) is 26.3. The van der Waals surface area contributed by atoms with E-state index in [-0.39, 0.29) is 18.1 Å². The van der Waals surface area contributed by atoms with E-state index in [0.717, 1.165) is 42.9 Å². The van der Waals surface area contributed by atoms with Gasteiger partial charge in [0.1, 0.15) is 11.5 Å². The van der Waals surface area contributed by atoms with Crippen molar-refractivity contribution >= 4 is 17.6 Å². The minimum Gasteiger partial charge on any atom is -0.478 e. The summed E-state index contributed by atoms with van der Waals surface area (Å²) < 4.78 is 5.79. The van der Waals surface area contributed by atoms with Gasteiger partial charge < -0.3 is 20.3 Å². The Morgan fingerprint density at radius 2 is 1.57 bits per heavy atom. The summed E-state index contributed by atoms with van der Waals surface area (Å²) in [6.45, 7) is 3.17. The maximum atomic E-state index is 12.6. The van der Waals surface area contributed by atoms with E-state index < -0.39 is 5.97 Å². The number of nitrogens with one attached hydrogen (secondary N) is 1. The van der Waals surface area contributed by atoms with Gasteiger partial charge in [0, 0.05) is 37.9 Å². The number of hydrogen-bond donors (Lipinski definition) is 3. The zero-order valence-corrected chi connectivity index (χ0v) is 20.8. The number of aliphatic hydroxyl groups excluding tert-OH is 1. The quantitative estimate of drug-likeness (QED) is 0.362. The molecule has 0 atom stereocenters. The molecule has 1 aliphatic rings. The van der Waals surface area contributed by atoms with Crippen LogP contribution in [0.4, 0.5) is 5.69 Å². The molecule has 1 heterocycles. The van der Waals surface area contributed by atoms with Gasteiger partial charge in [0.25, 0.3) is 0 Å². The molecular formula is C29H33N3O5. The maximum Gasteiger partial charge on any atom is 0.335 e. The molecule has 8 heteroatoms. The van der Waals surface area contributed by atoms with Crippen molar-refractivity contribution in [3.8, 4) is 11.5 Å². The third kappa shape index (κ3) is 7.88. The van der Waals surface area contributed by atoms with E-state index in [4.69, 9.17) is 9.84 Å². The molecule has 3 N–H and O–H groups in total. The van der Waals surface area contributed by atoms with Crippen molar-refractivity contribution in [2.75, 3.05) is 38.1 Å². The summed E-state index contributed by atoms with van der Waals surface area (Å²) in [5.74, 6) is 0.470. The summed E-state index contributed by atoms with van der Waals surface area (Å²) >= 11 is 0. The number of aromatic carboxylic acids is 1. The molecule has 3 aromatic carbocycles. The number of likely N-dealkylation sites (tertiary alicyclic amines) is 1. The number of nitrogens with zero attached hydrogens (tertiary/aromatic N) is 2. The fourth-order valence-electron chi connectivity index (χ4n) is 4.58. The van der Waals surface area contributed by atoms with Crippen LogP contribution < -0.4 is 10.1 Å². The number of amides is 1. The number of ether oxygens (including phenoxy) is 1. The van der Waals surface area contributed by atoms with Gasteiger partial charge in [0.05, 0.1) is 18.7 Å². The van der Waals surface area contributed by atoms with Crippen molar-refractivity contribution in [1.82, 2.24) is 9.80 Å². The first-order valence-corrected chi connectivity index (χ1v) is 12.5. The number of carboxylic acid groups (broad SMARTS) is 1. The zero-order chi connectivity index (χ0) is 26.0. The van der Waals surface area contributed by atoms with E-state index in [2.05, 4.69) is 15.1 Å². The van der Waals surface area contributed by atoms with Crippen LogP contribution in [0.25, 0.3) is 0 Å². The Labute approximate surface area is 217 Å². The second-order valence-corrected chi connectivity index (χ2v) is 9.19. The molecular weight excluding hydrogens is 470 g/mol. The second-order valence-electron chi connectivity index (χ2n) is 9.19. The van der Waals surface area contributed by atoms with E-state index in [0.29, 0.717) is 31.4 Å². The van der Waals surface area contributed by atoms with Crippen molar-refractivity contribution in [3.63, 3.8) is 0 Å². The zero-order valence-electron chi connectivity index (χ0n) is 20.8. The van der Waals surface area contributed by atoms with Crippen LogP contribution in [0.15, 0.2) is 78.9 Å². The van der Waals surface area contributed by atoms with Crippen LogP contribution in [0, 0.1) is 0 Å². The van der Waals surface area contributed by atoms with Crippen molar-refractivity contribution in [2.45, 2.75) is 25.4 Å². The molecule has 0 unspecified atom stereocenters. The van der Waals surface area contributed by atoms with E-state index >= 15 is 0 Å². The molecule has 0 spiro atoms. The minimum absolute atomic E-state index is 0.0547. The number of aliphatic hydroxyl groups is 1. The number of carbonyl (C=O) groups excluding carboxylic acids is 1. The van der Waals surface area contributed by atoms with Crippen LogP contribution in [0.1, 0.15) is 28.8 Å². The number of carboxylic acids is 1. The van der Waals surface area contributed by atoms with Gasteiger partial charge in [0.15, 0.2) is 0 Å². The molecule has 3 aromatic rings. The lowest BCUT2D eigenvalue weighted by molar-refractivity contribution is -0.117. The van der Waals surface area contributed by atoms with Gasteiger partial charge in [-0.1, -0.05) is 30.3 Å². The summed E-state index contributed by atoms with van der Waals surface area (Å²) in [5, 5.41) is 21.6. The standard InChI is InChI=1S/C29H33N3O5/c33-19-18-32(20-22-6-8-23(9-7-22)29(35)36)25-14-16-31(17-15-25)21-28(34)30-24-10-12-27(13-11-24)37-26-4-2-1-3-5-26/h1-13,25,33H,14-21H2,(H,30,34)(H,35,36). The predicted octanol–water partition coefficient (Wildman–Crippen LogP) is 4.07. The average molecular weight is 504 g/mol. The average Bonchev–Trinajstić information content (AvgIpc) is 2.91. The Kier molecular flexibility index (Phi) is 9.26. The third-order valence-electron chi connectivity index (χ3n) is 6.53. The van der Waals surface area contributed by atoms with Crippen LogP contribution in [-0.4, -0.2) is 70.7 Å². The van der Waals surface area contributed by atoms with Gasteiger partial charge in [-0.25, -0.2) is 4.79 Å². The highest BCUT2D eigenvalue weighted by atomic mass is 16.5. The fourth-order valence-corrected chi connectivity index (χ4v) is 4.58. The molecule has 0 aromatic heterocycles. The summed E-state index contributed by atoms with van der Waals surface area (Å²) in [4.78, 5) is 28.1. The van der Waals surface area contributed by atoms with Crippen LogP contribution in [0.2, 0.25) is 0 Å². The molecule has 37 heavy (non-hydrogen) atoms. The molecule has 194 valence electrons. The largest absolute Gasteiger partial charge is 0.478 e. The van der Waals surface area contributed by atoms with E-state index in [1.165, 1.54) is 0 Å². The highest BCUT2D eigenvalue weighted by molar-refractivity contribution is 5.92. The molecule has 0 saturated carbocycles. The SMILES string of the molecule is O=C(CN1CCC(N(CCO)Cc2ccc(C(=O)O)cc2)CC1)Nc1ccc(Oc2ccccc2)cc1. The highest BCUT2D eigenvalue weighted by Crippen LogP contribution is 2.23. The number of para-hydroxylation sites is 1.